The maximum Gasteiger partial charge on any atom is 0.239 e. The predicted molar refractivity (Wildman–Crippen MR) is 72.3 cm³/mol. The number of nitrogens with two attached hydrogens (primary N) is 1. The Kier molecular flexibility index (Phi) is 5.16. The molecule has 0 saturated heterocycles. The summed E-state index contributed by atoms with van der Waals surface area (Å²) in [5, 5.41) is 0. The number of hydrogen-bond acceptors (Lipinski definition) is 3. The van der Waals surface area contributed by atoms with Gasteiger partial charge in [0.2, 0.25) is 5.91 Å². The molecule has 100 valence electrons. The van der Waals surface area contributed by atoms with E-state index in [9.17, 15) is 4.79 Å². The van der Waals surface area contributed by atoms with Crippen LogP contribution in [0.4, 0.5) is 0 Å². The third-order valence-corrected chi connectivity index (χ3v) is 2.96. The van der Waals surface area contributed by atoms with Crippen molar-refractivity contribution < 1.29 is 9.53 Å². The van der Waals surface area contributed by atoms with Crippen molar-refractivity contribution in [1.29, 1.82) is 0 Å². The van der Waals surface area contributed by atoms with E-state index in [1.165, 1.54) is 0 Å². The van der Waals surface area contributed by atoms with Gasteiger partial charge in [-0.2, -0.15) is 0 Å². The van der Waals surface area contributed by atoms with Crippen LogP contribution < -0.4 is 10.5 Å². The van der Waals surface area contributed by atoms with Crippen molar-refractivity contribution >= 4 is 5.91 Å². The van der Waals surface area contributed by atoms with Gasteiger partial charge in [0.15, 0.2) is 0 Å². The molecule has 1 rings (SSSR count). The van der Waals surface area contributed by atoms with Crippen LogP contribution in [0.1, 0.15) is 19.4 Å². The minimum atomic E-state index is -0.437. The third kappa shape index (κ3) is 3.74. The normalized spacial score (nSPS) is 12.3. The average Bonchev–Trinajstić information content (AvgIpc) is 2.37. The summed E-state index contributed by atoms with van der Waals surface area (Å²) in [7, 11) is 3.40. The molecule has 1 aromatic rings. The van der Waals surface area contributed by atoms with Crippen molar-refractivity contribution in [1.82, 2.24) is 4.90 Å². The molecule has 0 radical (unpaired) electrons. The van der Waals surface area contributed by atoms with E-state index in [4.69, 9.17) is 10.5 Å². The molecule has 0 unspecified atom stereocenters. The molecule has 1 aromatic carbocycles. The summed E-state index contributed by atoms with van der Waals surface area (Å²) in [6.07, 6.45) is 0. The van der Waals surface area contributed by atoms with E-state index >= 15 is 0 Å². The number of nitrogens with zero attached hydrogens (tertiary/aromatic N) is 1. The number of likely N-dealkylation sites (N-methyl/N-ethyl adjacent to an activating group) is 1. The lowest BCUT2D eigenvalue weighted by Gasteiger charge is -2.23. The lowest BCUT2D eigenvalue weighted by molar-refractivity contribution is -0.132. The molecule has 1 amide bonds. The van der Waals surface area contributed by atoms with Crippen LogP contribution in [0.25, 0.3) is 0 Å². The van der Waals surface area contributed by atoms with Crippen LogP contribution in [0.2, 0.25) is 0 Å². The van der Waals surface area contributed by atoms with Crippen molar-refractivity contribution in [2.75, 3.05) is 14.2 Å². The smallest absolute Gasteiger partial charge is 0.239 e. The van der Waals surface area contributed by atoms with Crippen molar-refractivity contribution in [3.8, 4) is 5.75 Å². The molecule has 0 fully saturated rings. The number of carbonyl (C=O) groups excluding carboxylic acids is 1. The topological polar surface area (TPSA) is 55.6 Å². The minimum Gasteiger partial charge on any atom is -0.497 e. The Bertz CT molecular complexity index is 387. The van der Waals surface area contributed by atoms with E-state index in [0.717, 1.165) is 11.3 Å². The Labute approximate surface area is 109 Å². The van der Waals surface area contributed by atoms with Gasteiger partial charge in [-0.1, -0.05) is 26.0 Å². The largest absolute Gasteiger partial charge is 0.497 e. The second kappa shape index (κ2) is 6.40. The van der Waals surface area contributed by atoms with Gasteiger partial charge in [-0.05, 0) is 23.6 Å². The van der Waals surface area contributed by atoms with Gasteiger partial charge in [0.1, 0.15) is 5.75 Å². The number of carbonyl (C=O) groups is 1. The van der Waals surface area contributed by atoms with Gasteiger partial charge in [0.25, 0.3) is 0 Å². The fourth-order valence-electron chi connectivity index (χ4n) is 1.62. The van der Waals surface area contributed by atoms with Crippen LogP contribution in [0, 0.1) is 5.92 Å². The zero-order valence-electron chi connectivity index (χ0n) is 11.5. The van der Waals surface area contributed by atoms with Crippen LogP contribution in [0.3, 0.4) is 0 Å². The van der Waals surface area contributed by atoms with E-state index in [-0.39, 0.29) is 11.8 Å². The minimum absolute atomic E-state index is 0.0270. The Hall–Kier alpha value is -1.55. The number of hydrogen-bond donors (Lipinski definition) is 1. The first-order valence-corrected chi connectivity index (χ1v) is 6.09. The van der Waals surface area contributed by atoms with Crippen molar-refractivity contribution in [3.63, 3.8) is 0 Å². The summed E-state index contributed by atoms with van der Waals surface area (Å²) in [5.41, 5.74) is 6.91. The zero-order valence-corrected chi connectivity index (χ0v) is 11.5. The zero-order chi connectivity index (χ0) is 13.7. The molecule has 0 heterocycles. The molecule has 0 spiro atoms. The van der Waals surface area contributed by atoms with Gasteiger partial charge in [-0.15, -0.1) is 0 Å². The van der Waals surface area contributed by atoms with E-state index in [2.05, 4.69) is 0 Å². The molecule has 1 atom stereocenters. The molecule has 18 heavy (non-hydrogen) atoms. The Balaban J connectivity index is 2.63. The lowest BCUT2D eigenvalue weighted by Crippen LogP contribution is -2.44. The van der Waals surface area contributed by atoms with Gasteiger partial charge in [0, 0.05) is 13.6 Å². The van der Waals surface area contributed by atoms with E-state index in [0.29, 0.717) is 6.54 Å². The monoisotopic (exact) mass is 250 g/mol. The van der Waals surface area contributed by atoms with Crippen molar-refractivity contribution in [2.24, 2.45) is 11.7 Å². The standard InChI is InChI=1S/C14H22N2O2/c1-10(2)13(15)14(17)16(3)9-11-5-7-12(18-4)8-6-11/h5-8,10,13H,9,15H2,1-4H3/t13-/m1/s1. The highest BCUT2D eigenvalue weighted by molar-refractivity contribution is 5.81. The van der Waals surface area contributed by atoms with Crippen molar-refractivity contribution in [2.45, 2.75) is 26.4 Å². The number of ether oxygens (including phenoxy) is 1. The predicted octanol–water partition coefficient (Wildman–Crippen LogP) is 1.64. The van der Waals surface area contributed by atoms with Gasteiger partial charge in [-0.3, -0.25) is 4.79 Å². The van der Waals surface area contributed by atoms with Gasteiger partial charge < -0.3 is 15.4 Å². The highest BCUT2D eigenvalue weighted by Crippen LogP contribution is 2.13. The number of benzene rings is 1. The van der Waals surface area contributed by atoms with Gasteiger partial charge in [0.05, 0.1) is 13.2 Å². The van der Waals surface area contributed by atoms with Crippen LogP contribution in [-0.2, 0) is 11.3 Å². The lowest BCUT2D eigenvalue weighted by atomic mass is 10.0. The van der Waals surface area contributed by atoms with Crippen LogP contribution in [-0.4, -0.2) is 31.0 Å². The third-order valence-electron chi connectivity index (χ3n) is 2.96. The quantitative estimate of drug-likeness (QED) is 0.864. The van der Waals surface area contributed by atoms with E-state index < -0.39 is 6.04 Å². The Morgan fingerprint density at radius 3 is 2.33 bits per heavy atom. The molecule has 4 nitrogen and oxygen atoms in total. The molecule has 0 aliphatic heterocycles. The Morgan fingerprint density at radius 1 is 1.33 bits per heavy atom. The van der Waals surface area contributed by atoms with Crippen LogP contribution >= 0.6 is 0 Å². The summed E-state index contributed by atoms with van der Waals surface area (Å²) in [5.74, 6) is 0.934. The maximum absolute atomic E-state index is 12.0. The summed E-state index contributed by atoms with van der Waals surface area (Å²) in [6, 6.07) is 7.23. The highest BCUT2D eigenvalue weighted by Gasteiger charge is 2.20. The molecule has 2 N–H and O–H groups in total. The first-order valence-electron chi connectivity index (χ1n) is 6.09. The summed E-state index contributed by atoms with van der Waals surface area (Å²) < 4.78 is 5.09. The number of amides is 1. The van der Waals surface area contributed by atoms with Gasteiger partial charge in [-0.25, -0.2) is 0 Å². The average molecular weight is 250 g/mol. The first-order chi connectivity index (χ1) is 8.45. The van der Waals surface area contributed by atoms with E-state index in [1.54, 1.807) is 19.1 Å². The summed E-state index contributed by atoms with van der Waals surface area (Å²) in [4.78, 5) is 13.6. The van der Waals surface area contributed by atoms with E-state index in [1.807, 2.05) is 38.1 Å². The maximum atomic E-state index is 12.0. The second-order valence-corrected chi connectivity index (χ2v) is 4.81. The molecule has 0 bridgehead atoms. The summed E-state index contributed by atoms with van der Waals surface area (Å²) >= 11 is 0. The second-order valence-electron chi connectivity index (χ2n) is 4.81. The molecule has 0 aromatic heterocycles. The highest BCUT2D eigenvalue weighted by atomic mass is 16.5. The van der Waals surface area contributed by atoms with Crippen LogP contribution in [0.5, 0.6) is 5.75 Å². The molecule has 0 saturated carbocycles. The molecular weight excluding hydrogens is 228 g/mol. The SMILES string of the molecule is COc1ccc(CN(C)C(=O)[C@H](N)C(C)C)cc1. The number of methoxy groups -OCH3 is 1. The van der Waals surface area contributed by atoms with Crippen molar-refractivity contribution in [3.05, 3.63) is 29.8 Å². The molecular formula is C14H22N2O2. The van der Waals surface area contributed by atoms with Crippen LogP contribution in [0.15, 0.2) is 24.3 Å². The Morgan fingerprint density at radius 2 is 1.89 bits per heavy atom. The first kappa shape index (κ1) is 14.5. The fourth-order valence-corrected chi connectivity index (χ4v) is 1.62. The number of rotatable bonds is 5. The fraction of sp³-hybridized carbons (Fsp3) is 0.500. The molecule has 0 aliphatic carbocycles. The summed E-state index contributed by atoms with van der Waals surface area (Å²) in [6.45, 7) is 4.46. The molecule has 0 aliphatic rings. The van der Waals surface area contributed by atoms with Gasteiger partial charge >= 0.3 is 0 Å². The molecule has 4 heteroatoms.